The molecule has 4 nitrogen and oxygen atoms in total. The molecule has 0 aromatic heterocycles. The van der Waals surface area contributed by atoms with Crippen molar-refractivity contribution in [1.82, 2.24) is 4.90 Å². The van der Waals surface area contributed by atoms with Crippen LogP contribution in [0.15, 0.2) is 0 Å². The number of carbonyl (C=O) groups excluding carboxylic acids is 1. The summed E-state index contributed by atoms with van der Waals surface area (Å²) in [6.45, 7) is 2.82. The third-order valence-electron chi connectivity index (χ3n) is 2.93. The summed E-state index contributed by atoms with van der Waals surface area (Å²) in [5.41, 5.74) is 5.21. The lowest BCUT2D eigenvalue weighted by atomic mass is 10.1. The first kappa shape index (κ1) is 12.0. The highest BCUT2D eigenvalue weighted by Crippen LogP contribution is 2.23. The van der Waals surface area contributed by atoms with Gasteiger partial charge in [0, 0.05) is 12.6 Å². The number of hydrogen-bond donors (Lipinski definition) is 1. The molecule has 0 bridgehead atoms. The number of nitrogens with two attached hydrogens (primary N) is 1. The molecule has 0 aromatic carbocycles. The van der Waals surface area contributed by atoms with E-state index in [-0.39, 0.29) is 18.4 Å². The number of nitriles is 1. The highest BCUT2D eigenvalue weighted by Gasteiger charge is 2.24. The van der Waals surface area contributed by atoms with E-state index >= 15 is 0 Å². The number of amides is 1. The second-order valence-electron chi connectivity index (χ2n) is 4.36. The topological polar surface area (TPSA) is 70.1 Å². The molecule has 84 valence electrons. The Kier molecular flexibility index (Phi) is 4.57. The zero-order valence-corrected chi connectivity index (χ0v) is 9.28. The minimum absolute atomic E-state index is 0.0371. The van der Waals surface area contributed by atoms with E-state index in [1.807, 2.05) is 6.92 Å². The van der Waals surface area contributed by atoms with Gasteiger partial charge in [0.15, 0.2) is 0 Å². The molecule has 0 radical (unpaired) electrons. The van der Waals surface area contributed by atoms with Gasteiger partial charge in [-0.1, -0.05) is 12.8 Å². The molecule has 1 aliphatic rings. The molecule has 0 aromatic rings. The molecular formula is C11H19N3O. The summed E-state index contributed by atoms with van der Waals surface area (Å²) in [7, 11) is 0. The minimum Gasteiger partial charge on any atom is -0.369 e. The van der Waals surface area contributed by atoms with E-state index in [2.05, 4.69) is 11.0 Å². The van der Waals surface area contributed by atoms with Gasteiger partial charge >= 0.3 is 0 Å². The first-order chi connectivity index (χ1) is 7.13. The lowest BCUT2D eigenvalue weighted by molar-refractivity contribution is -0.119. The monoisotopic (exact) mass is 209 g/mol. The molecule has 0 saturated heterocycles. The molecule has 4 heteroatoms. The Morgan fingerprint density at radius 1 is 1.60 bits per heavy atom. The molecule has 1 rings (SSSR count). The second-order valence-corrected chi connectivity index (χ2v) is 4.36. The van der Waals surface area contributed by atoms with Crippen molar-refractivity contribution in [3.63, 3.8) is 0 Å². The summed E-state index contributed by atoms with van der Waals surface area (Å²) in [5, 5.41) is 8.77. The fourth-order valence-electron chi connectivity index (χ4n) is 2.20. The standard InChI is InChI=1S/C11H19N3O/c1-9(6-12)7-14(8-11(13)15)10-4-2-3-5-10/h9-10H,2-5,7-8H2,1H3,(H2,13,15). The maximum Gasteiger partial charge on any atom is 0.231 e. The summed E-state index contributed by atoms with van der Waals surface area (Å²) in [6, 6.07) is 2.65. The SMILES string of the molecule is CC(C#N)CN(CC(N)=O)C1CCCC1. The van der Waals surface area contributed by atoms with Crippen molar-refractivity contribution in [3.05, 3.63) is 0 Å². The van der Waals surface area contributed by atoms with Crippen molar-refractivity contribution >= 4 is 5.91 Å². The quantitative estimate of drug-likeness (QED) is 0.730. The Morgan fingerprint density at radius 3 is 2.67 bits per heavy atom. The van der Waals surface area contributed by atoms with Gasteiger partial charge in [-0.3, -0.25) is 9.69 Å². The lowest BCUT2D eigenvalue weighted by Gasteiger charge is -2.28. The first-order valence-electron chi connectivity index (χ1n) is 5.55. The third-order valence-corrected chi connectivity index (χ3v) is 2.93. The van der Waals surface area contributed by atoms with E-state index in [4.69, 9.17) is 11.0 Å². The Hall–Kier alpha value is -1.08. The molecule has 15 heavy (non-hydrogen) atoms. The number of nitrogens with zero attached hydrogens (tertiary/aromatic N) is 2. The summed E-state index contributed by atoms with van der Waals surface area (Å²) < 4.78 is 0. The maximum atomic E-state index is 10.9. The van der Waals surface area contributed by atoms with Gasteiger partial charge in [0.25, 0.3) is 0 Å². The average molecular weight is 209 g/mol. The van der Waals surface area contributed by atoms with Gasteiger partial charge in [0.2, 0.25) is 5.91 Å². The van der Waals surface area contributed by atoms with Crippen LogP contribution >= 0.6 is 0 Å². The normalized spacial score (nSPS) is 19.0. The van der Waals surface area contributed by atoms with Crippen LogP contribution in [0.5, 0.6) is 0 Å². The molecule has 1 amide bonds. The third kappa shape index (κ3) is 3.88. The van der Waals surface area contributed by atoms with Crippen LogP contribution in [0.1, 0.15) is 32.6 Å². The van der Waals surface area contributed by atoms with Gasteiger partial charge in [0.1, 0.15) is 0 Å². The number of rotatable bonds is 5. The van der Waals surface area contributed by atoms with Crippen LogP contribution in [-0.4, -0.2) is 29.9 Å². The van der Waals surface area contributed by atoms with Gasteiger partial charge in [-0.2, -0.15) is 5.26 Å². The highest BCUT2D eigenvalue weighted by atomic mass is 16.1. The van der Waals surface area contributed by atoms with Crippen LogP contribution in [0.4, 0.5) is 0 Å². The second kappa shape index (κ2) is 5.72. The molecule has 0 aliphatic heterocycles. The zero-order valence-electron chi connectivity index (χ0n) is 9.28. The molecule has 0 spiro atoms. The molecule has 0 heterocycles. The number of carbonyl (C=O) groups is 1. The van der Waals surface area contributed by atoms with Gasteiger partial charge < -0.3 is 5.73 Å². The number of hydrogen-bond acceptors (Lipinski definition) is 3. The van der Waals surface area contributed by atoms with E-state index in [0.29, 0.717) is 12.6 Å². The average Bonchev–Trinajstić information content (AvgIpc) is 2.68. The van der Waals surface area contributed by atoms with Gasteiger partial charge in [-0.15, -0.1) is 0 Å². The first-order valence-corrected chi connectivity index (χ1v) is 5.55. The van der Waals surface area contributed by atoms with Crippen molar-refractivity contribution in [2.75, 3.05) is 13.1 Å². The van der Waals surface area contributed by atoms with Crippen LogP contribution in [-0.2, 0) is 4.79 Å². The van der Waals surface area contributed by atoms with E-state index < -0.39 is 0 Å². The van der Waals surface area contributed by atoms with Gasteiger partial charge in [-0.05, 0) is 19.8 Å². The van der Waals surface area contributed by atoms with E-state index in [0.717, 1.165) is 12.8 Å². The van der Waals surface area contributed by atoms with Crippen LogP contribution in [0.2, 0.25) is 0 Å². The summed E-state index contributed by atoms with van der Waals surface area (Å²) in [5.74, 6) is -0.336. The Labute approximate surface area is 91.0 Å². The summed E-state index contributed by atoms with van der Waals surface area (Å²) in [6.07, 6.45) is 4.71. The lowest BCUT2D eigenvalue weighted by Crippen LogP contribution is -2.42. The van der Waals surface area contributed by atoms with Crippen LogP contribution in [0.3, 0.4) is 0 Å². The van der Waals surface area contributed by atoms with Crippen molar-refractivity contribution < 1.29 is 4.79 Å². The molecule has 1 fully saturated rings. The summed E-state index contributed by atoms with van der Waals surface area (Å²) >= 11 is 0. The van der Waals surface area contributed by atoms with Crippen molar-refractivity contribution in [2.24, 2.45) is 11.7 Å². The molecule has 1 aliphatic carbocycles. The van der Waals surface area contributed by atoms with E-state index in [1.54, 1.807) is 0 Å². The van der Waals surface area contributed by atoms with E-state index in [9.17, 15) is 4.79 Å². The molecule has 1 unspecified atom stereocenters. The molecule has 2 N–H and O–H groups in total. The Balaban J connectivity index is 2.52. The van der Waals surface area contributed by atoms with Crippen molar-refractivity contribution in [3.8, 4) is 6.07 Å². The predicted molar refractivity (Wildman–Crippen MR) is 57.8 cm³/mol. The van der Waals surface area contributed by atoms with E-state index in [1.165, 1.54) is 12.8 Å². The van der Waals surface area contributed by atoms with Crippen molar-refractivity contribution in [1.29, 1.82) is 5.26 Å². The Morgan fingerprint density at radius 2 is 2.20 bits per heavy atom. The molecular weight excluding hydrogens is 190 g/mol. The molecule has 1 saturated carbocycles. The maximum absolute atomic E-state index is 10.9. The van der Waals surface area contributed by atoms with Crippen molar-refractivity contribution in [2.45, 2.75) is 38.6 Å². The van der Waals surface area contributed by atoms with Gasteiger partial charge in [0.05, 0.1) is 18.5 Å². The summed E-state index contributed by atoms with van der Waals surface area (Å²) in [4.78, 5) is 13.0. The largest absolute Gasteiger partial charge is 0.369 e. The Bertz CT molecular complexity index is 253. The minimum atomic E-state index is -0.299. The van der Waals surface area contributed by atoms with Crippen LogP contribution in [0, 0.1) is 17.2 Å². The van der Waals surface area contributed by atoms with Gasteiger partial charge in [-0.25, -0.2) is 0 Å². The smallest absolute Gasteiger partial charge is 0.231 e. The van der Waals surface area contributed by atoms with Crippen LogP contribution in [0.25, 0.3) is 0 Å². The fourth-order valence-corrected chi connectivity index (χ4v) is 2.20. The predicted octanol–water partition coefficient (Wildman–Crippen LogP) is 0.876. The highest BCUT2D eigenvalue weighted by molar-refractivity contribution is 5.75. The zero-order chi connectivity index (χ0) is 11.3. The molecule has 1 atom stereocenters. The fraction of sp³-hybridized carbons (Fsp3) is 0.818. The van der Waals surface area contributed by atoms with Crippen LogP contribution < -0.4 is 5.73 Å². The number of primary amides is 1.